The van der Waals surface area contributed by atoms with Crippen LogP contribution in [0.4, 0.5) is 0 Å². The van der Waals surface area contributed by atoms with Gasteiger partial charge >= 0.3 is 0 Å². The van der Waals surface area contributed by atoms with Crippen molar-refractivity contribution in [1.29, 1.82) is 0 Å². The third-order valence-electron chi connectivity index (χ3n) is 4.09. The topological polar surface area (TPSA) is 48.9 Å². The minimum atomic E-state index is 0.271. The van der Waals surface area contributed by atoms with Crippen molar-refractivity contribution in [3.8, 4) is 0 Å². The molecule has 1 atom stereocenters. The Kier molecular flexibility index (Phi) is 7.79. The van der Waals surface area contributed by atoms with E-state index in [0.717, 1.165) is 45.4 Å². The zero-order chi connectivity index (χ0) is 17.2. The van der Waals surface area contributed by atoms with E-state index in [9.17, 15) is 0 Å². The van der Waals surface area contributed by atoms with E-state index in [0.29, 0.717) is 6.54 Å². The molecule has 5 heteroatoms. The standard InChI is InChI=1S/C19H30N4O/c1-4-9-21-19(20-5-2)22-15-18(23-10-12-24-13-11-23)17-8-6-7-16(3)14-17/h4,6-8,14,18H,1,5,9-13,15H2,2-3H3,(H2,20,21,22). The molecule has 1 heterocycles. The molecule has 2 N–H and O–H groups in total. The van der Waals surface area contributed by atoms with Crippen LogP contribution in [0.15, 0.2) is 41.9 Å². The number of guanidine groups is 1. The van der Waals surface area contributed by atoms with Crippen molar-refractivity contribution in [1.82, 2.24) is 15.5 Å². The van der Waals surface area contributed by atoms with E-state index < -0.39 is 0 Å². The number of hydrogen-bond donors (Lipinski definition) is 2. The lowest BCUT2D eigenvalue weighted by Gasteiger charge is -2.34. The highest BCUT2D eigenvalue weighted by Gasteiger charge is 2.22. The third-order valence-corrected chi connectivity index (χ3v) is 4.09. The summed E-state index contributed by atoms with van der Waals surface area (Å²) in [5, 5.41) is 6.56. The van der Waals surface area contributed by atoms with Gasteiger partial charge in [0.2, 0.25) is 0 Å². The summed E-state index contributed by atoms with van der Waals surface area (Å²) < 4.78 is 5.51. The predicted octanol–water partition coefficient (Wildman–Crippen LogP) is 2.11. The Morgan fingerprint density at radius 1 is 1.38 bits per heavy atom. The largest absolute Gasteiger partial charge is 0.379 e. The van der Waals surface area contributed by atoms with Gasteiger partial charge in [-0.2, -0.15) is 0 Å². The first-order valence-corrected chi connectivity index (χ1v) is 8.76. The number of aliphatic imine (C=N–C) groups is 1. The molecule has 1 aliphatic heterocycles. The number of nitrogens with zero attached hydrogens (tertiary/aromatic N) is 2. The number of aryl methyl sites for hydroxylation is 1. The Morgan fingerprint density at radius 2 is 2.17 bits per heavy atom. The Morgan fingerprint density at radius 3 is 2.83 bits per heavy atom. The molecule has 1 aromatic rings. The molecule has 1 aromatic carbocycles. The van der Waals surface area contributed by atoms with Gasteiger partial charge in [0.1, 0.15) is 0 Å². The molecule has 1 aliphatic rings. The maximum Gasteiger partial charge on any atom is 0.191 e. The minimum absolute atomic E-state index is 0.271. The van der Waals surface area contributed by atoms with E-state index in [1.165, 1.54) is 11.1 Å². The fourth-order valence-corrected chi connectivity index (χ4v) is 2.89. The lowest BCUT2D eigenvalue weighted by molar-refractivity contribution is 0.0179. The monoisotopic (exact) mass is 330 g/mol. The maximum absolute atomic E-state index is 5.51. The highest BCUT2D eigenvalue weighted by Crippen LogP contribution is 2.23. The van der Waals surface area contributed by atoms with Crippen molar-refractivity contribution in [2.24, 2.45) is 4.99 Å². The molecule has 2 rings (SSSR count). The Labute approximate surface area is 145 Å². The van der Waals surface area contributed by atoms with Crippen molar-refractivity contribution < 1.29 is 4.74 Å². The van der Waals surface area contributed by atoms with Crippen LogP contribution in [0.2, 0.25) is 0 Å². The Bertz CT molecular complexity index is 538. The average molecular weight is 330 g/mol. The minimum Gasteiger partial charge on any atom is -0.379 e. The second-order valence-electron chi connectivity index (χ2n) is 5.97. The number of nitrogens with one attached hydrogen (secondary N) is 2. The van der Waals surface area contributed by atoms with E-state index in [4.69, 9.17) is 9.73 Å². The SMILES string of the molecule is C=CCNC(=NCC(c1cccc(C)c1)N1CCOCC1)NCC. The van der Waals surface area contributed by atoms with Crippen molar-refractivity contribution in [3.63, 3.8) is 0 Å². The lowest BCUT2D eigenvalue weighted by atomic mass is 10.0. The fraction of sp³-hybridized carbons (Fsp3) is 0.526. The summed E-state index contributed by atoms with van der Waals surface area (Å²) in [6, 6.07) is 9.00. The van der Waals surface area contributed by atoms with Gasteiger partial charge in [-0.05, 0) is 19.4 Å². The van der Waals surface area contributed by atoms with Crippen LogP contribution >= 0.6 is 0 Å². The van der Waals surface area contributed by atoms with Crippen molar-refractivity contribution in [2.45, 2.75) is 19.9 Å². The van der Waals surface area contributed by atoms with Crippen molar-refractivity contribution in [2.75, 3.05) is 45.9 Å². The second kappa shape index (κ2) is 10.1. The van der Waals surface area contributed by atoms with E-state index in [1.54, 1.807) is 0 Å². The van der Waals surface area contributed by atoms with Crippen LogP contribution in [0.1, 0.15) is 24.1 Å². The molecular weight excluding hydrogens is 300 g/mol. The number of ether oxygens (including phenoxy) is 1. The summed E-state index contributed by atoms with van der Waals surface area (Å²) in [7, 11) is 0. The van der Waals surface area contributed by atoms with Gasteiger partial charge in [0.05, 0.1) is 25.8 Å². The predicted molar refractivity (Wildman–Crippen MR) is 100 cm³/mol. The number of benzene rings is 1. The molecule has 0 aliphatic carbocycles. The van der Waals surface area contributed by atoms with Gasteiger partial charge in [-0.25, -0.2) is 0 Å². The fourth-order valence-electron chi connectivity index (χ4n) is 2.89. The maximum atomic E-state index is 5.51. The molecule has 0 bridgehead atoms. The molecule has 24 heavy (non-hydrogen) atoms. The summed E-state index contributed by atoms with van der Waals surface area (Å²) in [4.78, 5) is 7.27. The van der Waals surface area contributed by atoms with Crippen LogP contribution < -0.4 is 10.6 Å². The van der Waals surface area contributed by atoms with Gasteiger partial charge in [0, 0.05) is 26.2 Å². The Balaban J connectivity index is 2.16. The molecule has 0 saturated carbocycles. The van der Waals surface area contributed by atoms with Crippen LogP contribution in [0.3, 0.4) is 0 Å². The molecule has 0 aromatic heterocycles. The number of hydrogen-bond acceptors (Lipinski definition) is 3. The summed E-state index contributed by atoms with van der Waals surface area (Å²) in [6.07, 6.45) is 1.84. The molecule has 1 saturated heterocycles. The van der Waals surface area contributed by atoms with Gasteiger partial charge in [0.15, 0.2) is 5.96 Å². The highest BCUT2D eigenvalue weighted by atomic mass is 16.5. The smallest absolute Gasteiger partial charge is 0.191 e. The zero-order valence-electron chi connectivity index (χ0n) is 14.9. The first-order chi connectivity index (χ1) is 11.7. The van der Waals surface area contributed by atoms with Gasteiger partial charge in [-0.15, -0.1) is 6.58 Å². The quantitative estimate of drug-likeness (QED) is 0.457. The van der Waals surface area contributed by atoms with Crippen LogP contribution in [-0.4, -0.2) is 56.8 Å². The van der Waals surface area contributed by atoms with Crippen LogP contribution in [-0.2, 0) is 4.74 Å². The average Bonchev–Trinajstić information content (AvgIpc) is 2.61. The molecular formula is C19H30N4O. The molecule has 132 valence electrons. The lowest BCUT2D eigenvalue weighted by Crippen LogP contribution is -2.41. The normalized spacial score (nSPS) is 17.3. The summed E-state index contributed by atoms with van der Waals surface area (Å²) in [5.74, 6) is 0.836. The molecule has 0 amide bonds. The van der Waals surface area contributed by atoms with Crippen LogP contribution in [0.25, 0.3) is 0 Å². The van der Waals surface area contributed by atoms with Gasteiger partial charge in [-0.3, -0.25) is 9.89 Å². The van der Waals surface area contributed by atoms with E-state index in [2.05, 4.69) is 60.2 Å². The van der Waals surface area contributed by atoms with Crippen LogP contribution in [0, 0.1) is 6.92 Å². The zero-order valence-corrected chi connectivity index (χ0v) is 14.9. The van der Waals surface area contributed by atoms with Gasteiger partial charge < -0.3 is 15.4 Å². The summed E-state index contributed by atoms with van der Waals surface area (Å²) in [5.41, 5.74) is 2.60. The van der Waals surface area contributed by atoms with E-state index >= 15 is 0 Å². The summed E-state index contributed by atoms with van der Waals surface area (Å²) >= 11 is 0. The number of morpholine rings is 1. The first kappa shape index (κ1) is 18.5. The highest BCUT2D eigenvalue weighted by molar-refractivity contribution is 5.79. The van der Waals surface area contributed by atoms with Crippen LogP contribution in [0.5, 0.6) is 0 Å². The number of rotatable bonds is 7. The van der Waals surface area contributed by atoms with Crippen molar-refractivity contribution in [3.05, 3.63) is 48.0 Å². The van der Waals surface area contributed by atoms with E-state index in [-0.39, 0.29) is 6.04 Å². The van der Waals surface area contributed by atoms with Crippen molar-refractivity contribution >= 4 is 5.96 Å². The molecule has 1 unspecified atom stereocenters. The summed E-state index contributed by atoms with van der Waals surface area (Å²) in [6.45, 7) is 13.7. The van der Waals surface area contributed by atoms with Gasteiger partial charge in [0.25, 0.3) is 0 Å². The Hall–Kier alpha value is -1.85. The molecule has 1 fully saturated rings. The van der Waals surface area contributed by atoms with E-state index in [1.807, 2.05) is 6.08 Å². The molecule has 0 radical (unpaired) electrons. The van der Waals surface area contributed by atoms with Gasteiger partial charge in [-0.1, -0.05) is 35.9 Å². The first-order valence-electron chi connectivity index (χ1n) is 8.76. The molecule has 0 spiro atoms. The second-order valence-corrected chi connectivity index (χ2v) is 5.97. The molecule has 5 nitrogen and oxygen atoms in total. The third kappa shape index (κ3) is 5.65.